The van der Waals surface area contributed by atoms with Crippen LogP contribution in [0.5, 0.6) is 5.75 Å². The molecule has 2 saturated heterocycles. The number of fused-ring (bicyclic) bond motifs is 2. The lowest BCUT2D eigenvalue weighted by atomic mass is 9.74. The minimum absolute atomic E-state index is 0.0816. The van der Waals surface area contributed by atoms with Gasteiger partial charge in [-0.05, 0) is 62.6 Å². The molecule has 2 aromatic rings. The molecule has 4 heterocycles. The summed E-state index contributed by atoms with van der Waals surface area (Å²) in [5.41, 5.74) is 2.17. The van der Waals surface area contributed by atoms with Gasteiger partial charge in [-0.15, -0.1) is 11.8 Å². The first kappa shape index (κ1) is 32.7. The summed E-state index contributed by atoms with van der Waals surface area (Å²) in [6.07, 6.45) is 8.70. The third-order valence-corrected chi connectivity index (χ3v) is 12.4. The first-order valence-electron chi connectivity index (χ1n) is 16.1. The van der Waals surface area contributed by atoms with E-state index in [0.717, 1.165) is 5.56 Å². The topological polar surface area (TPSA) is 90.4 Å². The van der Waals surface area contributed by atoms with Gasteiger partial charge in [-0.2, -0.15) is 0 Å². The first-order chi connectivity index (χ1) is 22.0. The number of likely N-dealkylation sites (tertiary alicyclic amines) is 1. The monoisotopic (exact) mass is 663 g/mol. The molecule has 1 N–H and O–H groups in total. The summed E-state index contributed by atoms with van der Waals surface area (Å²) in [6.45, 7) is 10.7. The number of aryl methyl sites for hydroxylation is 1. The number of rotatable bonds is 8. The van der Waals surface area contributed by atoms with Crippen LogP contribution in [0.2, 0.25) is 5.02 Å². The molecular formula is C36H42ClN3O5S. The molecule has 0 bridgehead atoms. The summed E-state index contributed by atoms with van der Waals surface area (Å²) in [5, 5.41) is 11.2. The molecule has 244 valence electrons. The molecule has 0 aliphatic carbocycles. The lowest BCUT2D eigenvalue weighted by Crippen LogP contribution is -2.58. The van der Waals surface area contributed by atoms with Crippen molar-refractivity contribution in [2.75, 3.05) is 36.1 Å². The molecule has 1 spiro atoms. The van der Waals surface area contributed by atoms with Crippen LogP contribution >= 0.6 is 23.4 Å². The SMILES string of the molecule is CCOc1ccc(N2CC=C[C@]3(C)S[C@]45C=CCN(c6c(C)cccc6Cl)C(=O)C4N([C@@H](CO)[C@@H](C)CC)C(=O)[C@@H]5[C@@H]3C2=O)cc1. The normalized spacial score (nSPS) is 30.1. The molecule has 10 heteroatoms. The van der Waals surface area contributed by atoms with Crippen LogP contribution in [0, 0.1) is 24.7 Å². The fraction of sp³-hybridized carbons (Fsp3) is 0.472. The van der Waals surface area contributed by atoms with Crippen molar-refractivity contribution in [2.45, 2.75) is 62.6 Å². The second kappa shape index (κ2) is 12.4. The molecule has 0 aromatic heterocycles. The second-order valence-electron chi connectivity index (χ2n) is 12.9. The number of thioether (sulfide) groups is 1. The molecule has 7 atom stereocenters. The Morgan fingerprint density at radius 1 is 0.978 bits per heavy atom. The van der Waals surface area contributed by atoms with Crippen molar-refractivity contribution in [3.05, 3.63) is 77.4 Å². The van der Waals surface area contributed by atoms with Gasteiger partial charge in [0, 0.05) is 23.5 Å². The molecule has 4 aliphatic rings. The molecule has 3 amide bonds. The predicted molar refractivity (Wildman–Crippen MR) is 183 cm³/mol. The predicted octanol–water partition coefficient (Wildman–Crippen LogP) is 5.65. The van der Waals surface area contributed by atoms with E-state index in [2.05, 4.69) is 0 Å². The molecule has 2 fully saturated rings. The number of para-hydroxylation sites is 1. The van der Waals surface area contributed by atoms with Gasteiger partial charge in [0.25, 0.3) is 5.91 Å². The summed E-state index contributed by atoms with van der Waals surface area (Å²) in [6, 6.07) is 11.4. The number of aliphatic hydroxyl groups is 1. The molecule has 1 unspecified atom stereocenters. The standard InChI is InChI=1S/C36H42ClN3O5S/c1-6-22(3)27(21-41)40-31-34(44)39(30-23(4)11-8-12-26(30)37)20-10-18-36(31)29(33(40)43)28-32(42)38(19-9-17-35(28,5)46-36)24-13-15-25(16-14-24)45-7-2/h8-18,22,27-29,31,41H,6-7,19-21H2,1-5H3/t22-,27-,28+,29-,31?,35-,36-/m0/s1. The van der Waals surface area contributed by atoms with Crippen molar-refractivity contribution in [1.29, 1.82) is 0 Å². The number of ether oxygens (including phenoxy) is 1. The van der Waals surface area contributed by atoms with Crippen LogP contribution in [0.15, 0.2) is 66.8 Å². The quantitative estimate of drug-likeness (QED) is 0.368. The van der Waals surface area contributed by atoms with Crippen LogP contribution in [0.1, 0.15) is 39.7 Å². The molecular weight excluding hydrogens is 622 g/mol. The highest BCUT2D eigenvalue weighted by Crippen LogP contribution is 2.66. The van der Waals surface area contributed by atoms with Crippen molar-refractivity contribution in [3.63, 3.8) is 0 Å². The van der Waals surface area contributed by atoms with Gasteiger partial charge in [0.1, 0.15) is 11.8 Å². The molecule has 0 radical (unpaired) electrons. The van der Waals surface area contributed by atoms with Gasteiger partial charge < -0.3 is 24.5 Å². The van der Waals surface area contributed by atoms with E-state index < -0.39 is 33.4 Å². The van der Waals surface area contributed by atoms with E-state index in [4.69, 9.17) is 16.3 Å². The summed E-state index contributed by atoms with van der Waals surface area (Å²) in [7, 11) is 0. The lowest BCUT2D eigenvalue weighted by molar-refractivity contribution is -0.143. The highest BCUT2D eigenvalue weighted by atomic mass is 35.5. The maximum absolute atomic E-state index is 15.0. The van der Waals surface area contributed by atoms with E-state index in [1.807, 2.05) is 95.3 Å². The Balaban J connectivity index is 1.49. The Morgan fingerprint density at radius 3 is 2.33 bits per heavy atom. The van der Waals surface area contributed by atoms with Crippen LogP contribution in [-0.2, 0) is 14.4 Å². The summed E-state index contributed by atoms with van der Waals surface area (Å²) < 4.78 is 3.82. The van der Waals surface area contributed by atoms with Crippen molar-refractivity contribution in [2.24, 2.45) is 17.8 Å². The lowest BCUT2D eigenvalue weighted by Gasteiger charge is -2.41. The van der Waals surface area contributed by atoms with Crippen LogP contribution in [0.4, 0.5) is 11.4 Å². The first-order valence-corrected chi connectivity index (χ1v) is 17.3. The van der Waals surface area contributed by atoms with E-state index in [-0.39, 0.29) is 36.8 Å². The summed E-state index contributed by atoms with van der Waals surface area (Å²) >= 11 is 8.25. The average molecular weight is 664 g/mol. The van der Waals surface area contributed by atoms with Gasteiger partial charge in [-0.3, -0.25) is 14.4 Å². The number of nitrogens with zero attached hydrogens (tertiary/aromatic N) is 3. The van der Waals surface area contributed by atoms with Crippen molar-refractivity contribution in [1.82, 2.24) is 4.90 Å². The van der Waals surface area contributed by atoms with Crippen LogP contribution < -0.4 is 14.5 Å². The van der Waals surface area contributed by atoms with E-state index in [0.29, 0.717) is 41.7 Å². The Labute approximate surface area is 280 Å². The van der Waals surface area contributed by atoms with E-state index in [1.54, 1.807) is 20.8 Å². The molecule has 2 aromatic carbocycles. The van der Waals surface area contributed by atoms with Gasteiger partial charge in [-0.1, -0.05) is 68.3 Å². The van der Waals surface area contributed by atoms with Gasteiger partial charge in [0.15, 0.2) is 0 Å². The maximum Gasteiger partial charge on any atom is 0.251 e. The molecule has 46 heavy (non-hydrogen) atoms. The number of benzene rings is 2. The number of carbonyl (C=O) groups excluding carboxylic acids is 3. The van der Waals surface area contributed by atoms with Crippen LogP contribution in [-0.4, -0.2) is 75.6 Å². The Morgan fingerprint density at radius 2 is 1.67 bits per heavy atom. The van der Waals surface area contributed by atoms with Crippen molar-refractivity contribution in [3.8, 4) is 5.75 Å². The number of aliphatic hydroxyl groups excluding tert-OH is 1. The van der Waals surface area contributed by atoms with E-state index in [9.17, 15) is 14.7 Å². The Hall–Kier alpha value is -3.27. The smallest absolute Gasteiger partial charge is 0.251 e. The summed E-state index contributed by atoms with van der Waals surface area (Å²) in [4.78, 5) is 49.8. The number of carbonyl (C=O) groups is 3. The maximum atomic E-state index is 15.0. The van der Waals surface area contributed by atoms with Gasteiger partial charge in [0.05, 0.1) is 46.5 Å². The Bertz CT molecular complexity index is 1580. The van der Waals surface area contributed by atoms with E-state index >= 15 is 4.79 Å². The number of hydrogen-bond donors (Lipinski definition) is 1. The van der Waals surface area contributed by atoms with Crippen LogP contribution in [0.3, 0.4) is 0 Å². The zero-order chi connectivity index (χ0) is 33.0. The zero-order valence-electron chi connectivity index (χ0n) is 27.0. The van der Waals surface area contributed by atoms with Crippen molar-refractivity contribution < 1.29 is 24.2 Å². The average Bonchev–Trinajstić information content (AvgIpc) is 3.30. The second-order valence-corrected chi connectivity index (χ2v) is 15.1. The highest BCUT2D eigenvalue weighted by Gasteiger charge is 2.74. The molecule has 0 saturated carbocycles. The molecule has 8 nitrogen and oxygen atoms in total. The van der Waals surface area contributed by atoms with E-state index in [1.165, 1.54) is 11.8 Å². The van der Waals surface area contributed by atoms with Gasteiger partial charge in [0.2, 0.25) is 11.8 Å². The Kier molecular flexibility index (Phi) is 8.80. The zero-order valence-corrected chi connectivity index (χ0v) is 28.6. The van der Waals surface area contributed by atoms with Gasteiger partial charge >= 0.3 is 0 Å². The fourth-order valence-electron chi connectivity index (χ4n) is 7.92. The van der Waals surface area contributed by atoms with Crippen molar-refractivity contribution >= 4 is 52.5 Å². The number of hydrogen-bond acceptors (Lipinski definition) is 6. The minimum Gasteiger partial charge on any atom is -0.494 e. The highest BCUT2D eigenvalue weighted by molar-refractivity contribution is 8.02. The summed E-state index contributed by atoms with van der Waals surface area (Å²) in [5.74, 6) is -1.62. The van der Waals surface area contributed by atoms with Crippen LogP contribution in [0.25, 0.3) is 0 Å². The fourth-order valence-corrected chi connectivity index (χ4v) is 10.4. The number of halogens is 1. The number of anilines is 2. The third kappa shape index (κ3) is 4.97. The third-order valence-electron chi connectivity index (χ3n) is 10.3. The molecule has 4 aliphatic heterocycles. The van der Waals surface area contributed by atoms with Gasteiger partial charge in [-0.25, -0.2) is 0 Å². The molecule has 6 rings (SSSR count). The largest absolute Gasteiger partial charge is 0.494 e. The minimum atomic E-state index is -1.04. The number of amides is 3.